The molecule has 0 aromatic heterocycles. The zero-order valence-electron chi connectivity index (χ0n) is 16.1. The van der Waals surface area contributed by atoms with Crippen molar-refractivity contribution < 1.29 is 24.2 Å². The summed E-state index contributed by atoms with van der Waals surface area (Å²) in [6.07, 6.45) is -1.78. The maximum Gasteiger partial charge on any atom is 0.408 e. The van der Waals surface area contributed by atoms with Gasteiger partial charge in [0, 0.05) is 26.6 Å². The van der Waals surface area contributed by atoms with E-state index < -0.39 is 29.9 Å². The van der Waals surface area contributed by atoms with E-state index in [-0.39, 0.29) is 25.4 Å². The van der Waals surface area contributed by atoms with Crippen molar-refractivity contribution in [3.8, 4) is 0 Å². The van der Waals surface area contributed by atoms with Crippen LogP contribution in [0.15, 0.2) is 30.3 Å². The van der Waals surface area contributed by atoms with E-state index in [1.165, 1.54) is 9.80 Å². The van der Waals surface area contributed by atoms with Crippen LogP contribution in [0.2, 0.25) is 0 Å². The topological polar surface area (TPSA) is 99.2 Å². The first-order chi connectivity index (χ1) is 12.6. The van der Waals surface area contributed by atoms with Crippen molar-refractivity contribution in [2.45, 2.75) is 51.4 Å². The molecule has 8 heteroatoms. The van der Waals surface area contributed by atoms with Crippen LogP contribution in [0.3, 0.4) is 0 Å². The lowest BCUT2D eigenvalue weighted by atomic mass is 9.97. The summed E-state index contributed by atoms with van der Waals surface area (Å²) in [6, 6.07) is 7.89. The number of piperidine rings is 1. The van der Waals surface area contributed by atoms with Gasteiger partial charge in [0.1, 0.15) is 5.60 Å². The average Bonchev–Trinajstić information content (AvgIpc) is 2.55. The van der Waals surface area contributed by atoms with Crippen molar-refractivity contribution in [3.63, 3.8) is 0 Å². The third kappa shape index (κ3) is 5.87. The Balaban J connectivity index is 2.22. The second kappa shape index (κ2) is 8.28. The maximum absolute atomic E-state index is 12.2. The lowest BCUT2D eigenvalue weighted by Crippen LogP contribution is -2.62. The number of carboxylic acid groups (broad SMARTS) is 1. The normalized spacial score (nSPS) is 20.1. The molecule has 1 saturated heterocycles. The van der Waals surface area contributed by atoms with Gasteiger partial charge in [0.15, 0.2) is 0 Å². The Bertz CT molecular complexity index is 686. The summed E-state index contributed by atoms with van der Waals surface area (Å²) >= 11 is 0. The van der Waals surface area contributed by atoms with Crippen molar-refractivity contribution in [1.82, 2.24) is 15.1 Å². The third-order valence-corrected chi connectivity index (χ3v) is 4.29. The Morgan fingerprint density at radius 1 is 1.30 bits per heavy atom. The fourth-order valence-electron chi connectivity index (χ4n) is 3.03. The van der Waals surface area contributed by atoms with E-state index in [1.54, 1.807) is 27.8 Å². The number of hydrogen-bond acceptors (Lipinski definition) is 4. The third-order valence-electron chi connectivity index (χ3n) is 4.29. The molecule has 1 unspecified atom stereocenters. The summed E-state index contributed by atoms with van der Waals surface area (Å²) in [6.45, 7) is 5.59. The molecule has 0 saturated carbocycles. The number of alkyl carbamates (subject to hydrolysis) is 1. The van der Waals surface area contributed by atoms with E-state index in [0.29, 0.717) is 0 Å². The van der Waals surface area contributed by atoms with Gasteiger partial charge in [-0.25, -0.2) is 9.59 Å². The molecular weight excluding hydrogens is 350 g/mol. The second-order valence-electron chi connectivity index (χ2n) is 7.69. The van der Waals surface area contributed by atoms with Crippen LogP contribution in [0.4, 0.5) is 9.59 Å². The van der Waals surface area contributed by atoms with Crippen LogP contribution < -0.4 is 5.32 Å². The molecule has 1 heterocycles. The highest BCUT2D eigenvalue weighted by Crippen LogP contribution is 2.21. The molecule has 0 aliphatic carbocycles. The number of hydrogen-bond donors (Lipinski definition) is 2. The minimum Gasteiger partial charge on any atom is -0.465 e. The predicted octanol–water partition coefficient (Wildman–Crippen LogP) is 2.29. The Morgan fingerprint density at radius 3 is 2.48 bits per heavy atom. The highest BCUT2D eigenvalue weighted by Gasteiger charge is 2.39. The number of rotatable bonds is 4. The average molecular weight is 377 g/mol. The molecule has 2 atom stereocenters. The van der Waals surface area contributed by atoms with Crippen molar-refractivity contribution in [3.05, 3.63) is 35.9 Å². The molecule has 0 spiro atoms. The zero-order chi connectivity index (χ0) is 20.2. The first-order valence-electron chi connectivity index (χ1n) is 8.84. The van der Waals surface area contributed by atoms with Crippen LogP contribution in [0.1, 0.15) is 32.8 Å². The maximum atomic E-state index is 12.2. The second-order valence-corrected chi connectivity index (χ2v) is 7.69. The molecular formula is C19H27N3O5. The summed E-state index contributed by atoms with van der Waals surface area (Å²) in [5, 5.41) is 12.5. The fraction of sp³-hybridized carbons (Fsp3) is 0.526. The first kappa shape index (κ1) is 20.5. The number of nitrogens with one attached hydrogen (secondary N) is 1. The minimum absolute atomic E-state index is 0.00387. The molecule has 0 radical (unpaired) electrons. The van der Waals surface area contributed by atoms with E-state index in [1.807, 2.05) is 30.3 Å². The van der Waals surface area contributed by atoms with Gasteiger partial charge in [0.05, 0.1) is 12.1 Å². The molecule has 2 N–H and O–H groups in total. The Labute approximate surface area is 159 Å². The Kier molecular flexibility index (Phi) is 6.30. The minimum atomic E-state index is -1.14. The zero-order valence-corrected chi connectivity index (χ0v) is 16.1. The molecule has 148 valence electrons. The summed E-state index contributed by atoms with van der Waals surface area (Å²) < 4.78 is 5.29. The standard InChI is InChI=1S/C19H27N3O5/c1-19(2,3)27-17(24)20-14-12-21(4)16(23)10-15(14)22(18(25)26)11-13-8-6-5-7-9-13/h5-9,14-15H,10-12H2,1-4H3,(H,20,24)(H,25,26)/t14?,15-/m1/s1. The van der Waals surface area contributed by atoms with Gasteiger partial charge in [-0.05, 0) is 26.3 Å². The van der Waals surface area contributed by atoms with Gasteiger partial charge < -0.3 is 20.1 Å². The number of likely N-dealkylation sites (N-methyl/N-ethyl adjacent to an activating group) is 1. The van der Waals surface area contributed by atoms with E-state index in [4.69, 9.17) is 4.74 Å². The molecule has 1 aliphatic rings. The largest absolute Gasteiger partial charge is 0.465 e. The number of nitrogens with zero attached hydrogens (tertiary/aromatic N) is 2. The lowest BCUT2D eigenvalue weighted by molar-refractivity contribution is -0.135. The van der Waals surface area contributed by atoms with Gasteiger partial charge in [0.25, 0.3) is 0 Å². The number of carbonyl (C=O) groups excluding carboxylic acids is 2. The van der Waals surface area contributed by atoms with Crippen molar-refractivity contribution in [2.24, 2.45) is 0 Å². The highest BCUT2D eigenvalue weighted by molar-refractivity contribution is 5.79. The molecule has 0 bridgehead atoms. The molecule has 1 aromatic rings. The predicted molar refractivity (Wildman–Crippen MR) is 99.2 cm³/mol. The number of benzene rings is 1. The summed E-state index contributed by atoms with van der Waals surface area (Å²) in [5.74, 6) is -0.165. The summed E-state index contributed by atoms with van der Waals surface area (Å²) in [5.41, 5.74) is 0.134. The van der Waals surface area contributed by atoms with Crippen molar-refractivity contribution in [1.29, 1.82) is 0 Å². The number of amides is 3. The molecule has 1 fully saturated rings. The number of likely N-dealkylation sites (tertiary alicyclic amines) is 1. The van der Waals surface area contributed by atoms with Crippen LogP contribution >= 0.6 is 0 Å². The quantitative estimate of drug-likeness (QED) is 0.839. The van der Waals surface area contributed by atoms with Crippen molar-refractivity contribution in [2.75, 3.05) is 13.6 Å². The smallest absolute Gasteiger partial charge is 0.408 e. The van der Waals surface area contributed by atoms with Crippen LogP contribution in [0, 0.1) is 0 Å². The first-order valence-corrected chi connectivity index (χ1v) is 8.84. The highest BCUT2D eigenvalue weighted by atomic mass is 16.6. The molecule has 3 amide bonds. The molecule has 27 heavy (non-hydrogen) atoms. The van der Waals surface area contributed by atoms with E-state index >= 15 is 0 Å². The van der Waals surface area contributed by atoms with Gasteiger partial charge >= 0.3 is 12.2 Å². The van der Waals surface area contributed by atoms with Crippen LogP contribution in [-0.4, -0.2) is 64.3 Å². The molecule has 1 aromatic carbocycles. The monoisotopic (exact) mass is 377 g/mol. The van der Waals surface area contributed by atoms with Crippen LogP contribution in [-0.2, 0) is 16.1 Å². The van der Waals surface area contributed by atoms with Gasteiger partial charge in [-0.15, -0.1) is 0 Å². The van der Waals surface area contributed by atoms with E-state index in [0.717, 1.165) is 5.56 Å². The molecule has 8 nitrogen and oxygen atoms in total. The van der Waals surface area contributed by atoms with Gasteiger partial charge in [-0.2, -0.15) is 0 Å². The Hall–Kier alpha value is -2.77. The summed E-state index contributed by atoms with van der Waals surface area (Å²) in [4.78, 5) is 39.0. The van der Waals surface area contributed by atoms with Crippen LogP contribution in [0.5, 0.6) is 0 Å². The van der Waals surface area contributed by atoms with Gasteiger partial charge in [-0.1, -0.05) is 30.3 Å². The Morgan fingerprint density at radius 2 is 1.93 bits per heavy atom. The number of ether oxygens (including phenoxy) is 1. The van der Waals surface area contributed by atoms with E-state index in [2.05, 4.69) is 5.32 Å². The van der Waals surface area contributed by atoms with Gasteiger partial charge in [-0.3, -0.25) is 9.69 Å². The van der Waals surface area contributed by atoms with Crippen molar-refractivity contribution >= 4 is 18.1 Å². The lowest BCUT2D eigenvalue weighted by Gasteiger charge is -2.41. The van der Waals surface area contributed by atoms with Gasteiger partial charge in [0.2, 0.25) is 5.91 Å². The molecule has 2 rings (SSSR count). The summed E-state index contributed by atoms with van der Waals surface area (Å²) in [7, 11) is 1.63. The van der Waals surface area contributed by atoms with Crippen LogP contribution in [0.25, 0.3) is 0 Å². The SMILES string of the molecule is CN1CC(NC(=O)OC(C)(C)C)[C@H](N(Cc2ccccc2)C(=O)O)CC1=O. The van der Waals surface area contributed by atoms with E-state index in [9.17, 15) is 19.5 Å². The fourth-order valence-corrected chi connectivity index (χ4v) is 3.03. The molecule has 1 aliphatic heterocycles. The number of carbonyl (C=O) groups is 3.